The van der Waals surface area contributed by atoms with Gasteiger partial charge >= 0.3 is 0 Å². The van der Waals surface area contributed by atoms with Crippen molar-refractivity contribution in [1.82, 2.24) is 15.1 Å². The summed E-state index contributed by atoms with van der Waals surface area (Å²) in [7, 11) is 3.22. The minimum Gasteiger partial charge on any atom is -0.497 e. The molecule has 1 heterocycles. The van der Waals surface area contributed by atoms with Crippen molar-refractivity contribution in [2.24, 2.45) is 0 Å². The topological polar surface area (TPSA) is 60.3 Å². The Bertz CT molecular complexity index is 648. The van der Waals surface area contributed by atoms with E-state index >= 15 is 0 Å². The molecule has 1 aromatic heterocycles. The zero-order valence-electron chi connectivity index (χ0n) is 12.3. The summed E-state index contributed by atoms with van der Waals surface area (Å²) in [4.78, 5) is 0. The van der Waals surface area contributed by atoms with E-state index < -0.39 is 0 Å². The Morgan fingerprint density at radius 1 is 1.36 bits per heavy atom. The number of anilines is 1. The first-order chi connectivity index (χ1) is 10.6. The van der Waals surface area contributed by atoms with E-state index in [-0.39, 0.29) is 0 Å². The molecule has 0 atom stereocenters. The van der Waals surface area contributed by atoms with Gasteiger partial charge in [-0.15, -0.1) is 0 Å². The van der Waals surface area contributed by atoms with Crippen LogP contribution < -0.4 is 20.1 Å². The third kappa shape index (κ3) is 4.60. The second-order valence-electron chi connectivity index (χ2n) is 4.37. The molecule has 0 fully saturated rings. The molecule has 2 rings (SSSR count). The number of hydrogen-bond donors (Lipinski definition) is 2. The molecule has 0 bridgehead atoms. The molecule has 2 aromatic rings. The Kier molecular flexibility index (Phi) is 6.02. The van der Waals surface area contributed by atoms with Crippen LogP contribution >= 0.6 is 28.1 Å². The molecule has 0 amide bonds. The SMILES string of the molecule is COc1ccc(NC(=S)NCCn2cc(Br)cn2)c(OC)c1. The number of thiocarbonyl (C=S) groups is 1. The molecule has 2 N–H and O–H groups in total. The van der Waals surface area contributed by atoms with Crippen LogP contribution in [0.15, 0.2) is 35.1 Å². The zero-order valence-corrected chi connectivity index (χ0v) is 14.7. The Balaban J connectivity index is 1.86. The molecular formula is C14H17BrN4O2S. The molecule has 0 aliphatic carbocycles. The zero-order chi connectivity index (χ0) is 15.9. The van der Waals surface area contributed by atoms with Crippen molar-refractivity contribution in [3.05, 3.63) is 35.1 Å². The number of methoxy groups -OCH3 is 2. The smallest absolute Gasteiger partial charge is 0.170 e. The van der Waals surface area contributed by atoms with E-state index in [0.29, 0.717) is 24.0 Å². The molecule has 1 aromatic carbocycles. The fraction of sp³-hybridized carbons (Fsp3) is 0.286. The molecule has 8 heteroatoms. The number of nitrogens with one attached hydrogen (secondary N) is 2. The van der Waals surface area contributed by atoms with Gasteiger partial charge in [-0.1, -0.05) is 0 Å². The summed E-state index contributed by atoms with van der Waals surface area (Å²) in [6.45, 7) is 1.38. The van der Waals surface area contributed by atoms with Crippen LogP contribution in [0.1, 0.15) is 0 Å². The van der Waals surface area contributed by atoms with Gasteiger partial charge in [0.05, 0.1) is 37.1 Å². The van der Waals surface area contributed by atoms with Crippen molar-refractivity contribution in [1.29, 1.82) is 0 Å². The van der Waals surface area contributed by atoms with Gasteiger partial charge in [0, 0.05) is 18.8 Å². The van der Waals surface area contributed by atoms with Crippen LogP contribution in [-0.2, 0) is 6.54 Å². The molecule has 22 heavy (non-hydrogen) atoms. The molecule has 0 saturated carbocycles. The lowest BCUT2D eigenvalue weighted by molar-refractivity contribution is 0.395. The Morgan fingerprint density at radius 2 is 2.18 bits per heavy atom. The predicted molar refractivity (Wildman–Crippen MR) is 93.7 cm³/mol. The van der Waals surface area contributed by atoms with Crippen LogP contribution in [-0.4, -0.2) is 35.7 Å². The summed E-state index contributed by atoms with van der Waals surface area (Å²) >= 11 is 8.64. The van der Waals surface area contributed by atoms with Crippen molar-refractivity contribution >= 4 is 38.9 Å². The lowest BCUT2D eigenvalue weighted by Gasteiger charge is -2.14. The molecule has 0 saturated heterocycles. The molecule has 6 nitrogen and oxygen atoms in total. The molecule has 0 aliphatic heterocycles. The number of halogens is 1. The van der Waals surface area contributed by atoms with Gasteiger partial charge < -0.3 is 20.1 Å². The quantitative estimate of drug-likeness (QED) is 0.746. The van der Waals surface area contributed by atoms with Gasteiger partial charge in [-0.25, -0.2) is 0 Å². The summed E-state index contributed by atoms with van der Waals surface area (Å²) in [6, 6.07) is 5.50. The average molecular weight is 385 g/mol. The van der Waals surface area contributed by atoms with E-state index in [0.717, 1.165) is 15.9 Å². The van der Waals surface area contributed by atoms with Gasteiger partial charge in [-0.3, -0.25) is 4.68 Å². The minimum atomic E-state index is 0.523. The highest BCUT2D eigenvalue weighted by Crippen LogP contribution is 2.28. The van der Waals surface area contributed by atoms with Gasteiger partial charge in [0.15, 0.2) is 5.11 Å². The maximum Gasteiger partial charge on any atom is 0.170 e. The Hall–Kier alpha value is -1.80. The monoisotopic (exact) mass is 384 g/mol. The van der Waals surface area contributed by atoms with Crippen LogP contribution in [0.25, 0.3) is 0 Å². The first-order valence-corrected chi connectivity index (χ1v) is 7.77. The molecule has 118 valence electrons. The standard InChI is InChI=1S/C14H17BrN4O2S/c1-20-11-3-4-12(13(7-11)21-2)18-14(22)16-5-6-19-9-10(15)8-17-19/h3-4,7-9H,5-6H2,1-2H3,(H2,16,18,22). The third-order valence-electron chi connectivity index (χ3n) is 2.89. The van der Waals surface area contributed by atoms with Gasteiger partial charge in [0.2, 0.25) is 0 Å². The second-order valence-corrected chi connectivity index (χ2v) is 5.69. The Morgan fingerprint density at radius 3 is 2.82 bits per heavy atom. The third-order valence-corrected chi connectivity index (χ3v) is 3.54. The summed E-state index contributed by atoms with van der Waals surface area (Å²) in [5.74, 6) is 1.39. The fourth-order valence-electron chi connectivity index (χ4n) is 1.81. The molecule has 0 radical (unpaired) electrons. The predicted octanol–water partition coefficient (Wildman–Crippen LogP) is 2.65. The van der Waals surface area contributed by atoms with Gasteiger partial charge in [-0.05, 0) is 40.3 Å². The lowest BCUT2D eigenvalue weighted by atomic mass is 10.2. The normalized spacial score (nSPS) is 10.1. The van der Waals surface area contributed by atoms with E-state index in [1.807, 2.05) is 23.0 Å². The van der Waals surface area contributed by atoms with Gasteiger partial charge in [-0.2, -0.15) is 5.10 Å². The van der Waals surface area contributed by atoms with E-state index in [9.17, 15) is 0 Å². The summed E-state index contributed by atoms with van der Waals surface area (Å²) in [5, 5.41) is 10.9. The largest absolute Gasteiger partial charge is 0.497 e. The highest BCUT2D eigenvalue weighted by Gasteiger charge is 2.06. The van der Waals surface area contributed by atoms with Crippen molar-refractivity contribution in [3.8, 4) is 11.5 Å². The maximum atomic E-state index is 5.32. The van der Waals surface area contributed by atoms with Crippen LogP contribution in [0.5, 0.6) is 11.5 Å². The molecule has 0 spiro atoms. The van der Waals surface area contributed by atoms with Crippen molar-refractivity contribution < 1.29 is 9.47 Å². The summed E-state index contributed by atoms with van der Waals surface area (Å²) in [6.07, 6.45) is 3.66. The number of aromatic nitrogens is 2. The first-order valence-electron chi connectivity index (χ1n) is 6.57. The van der Waals surface area contributed by atoms with Crippen molar-refractivity contribution in [2.45, 2.75) is 6.54 Å². The van der Waals surface area contributed by atoms with Crippen LogP contribution in [0.4, 0.5) is 5.69 Å². The second kappa shape index (κ2) is 8.00. The lowest BCUT2D eigenvalue weighted by Crippen LogP contribution is -2.31. The molecule has 0 aliphatic rings. The number of ether oxygens (including phenoxy) is 2. The first kappa shape index (κ1) is 16.6. The summed E-state index contributed by atoms with van der Waals surface area (Å²) in [5.41, 5.74) is 0.780. The van der Waals surface area contributed by atoms with E-state index in [4.69, 9.17) is 21.7 Å². The van der Waals surface area contributed by atoms with E-state index in [2.05, 4.69) is 31.7 Å². The molecule has 0 unspecified atom stereocenters. The average Bonchev–Trinajstić information content (AvgIpc) is 2.93. The van der Waals surface area contributed by atoms with Gasteiger partial charge in [0.1, 0.15) is 11.5 Å². The molecular weight excluding hydrogens is 368 g/mol. The number of nitrogens with zero attached hydrogens (tertiary/aromatic N) is 2. The van der Waals surface area contributed by atoms with Crippen LogP contribution in [0, 0.1) is 0 Å². The van der Waals surface area contributed by atoms with E-state index in [1.54, 1.807) is 26.5 Å². The number of rotatable bonds is 6. The van der Waals surface area contributed by atoms with Gasteiger partial charge in [0.25, 0.3) is 0 Å². The van der Waals surface area contributed by atoms with Crippen LogP contribution in [0.3, 0.4) is 0 Å². The maximum absolute atomic E-state index is 5.32. The summed E-state index contributed by atoms with van der Waals surface area (Å²) < 4.78 is 13.3. The fourth-order valence-corrected chi connectivity index (χ4v) is 2.35. The number of benzene rings is 1. The van der Waals surface area contributed by atoms with E-state index in [1.165, 1.54) is 0 Å². The highest BCUT2D eigenvalue weighted by molar-refractivity contribution is 9.10. The number of hydrogen-bond acceptors (Lipinski definition) is 4. The Labute approximate surface area is 142 Å². The minimum absolute atomic E-state index is 0.523. The van der Waals surface area contributed by atoms with Crippen LogP contribution in [0.2, 0.25) is 0 Å². The highest BCUT2D eigenvalue weighted by atomic mass is 79.9. The van der Waals surface area contributed by atoms with Crippen molar-refractivity contribution in [2.75, 3.05) is 26.1 Å². The van der Waals surface area contributed by atoms with Crippen molar-refractivity contribution in [3.63, 3.8) is 0 Å².